The molecule has 2 heterocycles. The maximum Gasteiger partial charge on any atom is 0.327 e. The van der Waals surface area contributed by atoms with Gasteiger partial charge in [0.2, 0.25) is 12.7 Å². The van der Waals surface area contributed by atoms with E-state index in [4.69, 9.17) is 18.9 Å². The van der Waals surface area contributed by atoms with Crippen LogP contribution in [0.5, 0.6) is 23.0 Å². The number of ether oxygens (including phenoxy) is 4. The van der Waals surface area contributed by atoms with E-state index in [1.807, 2.05) is 0 Å². The Morgan fingerprint density at radius 2 is 1.56 bits per heavy atom. The van der Waals surface area contributed by atoms with Crippen molar-refractivity contribution in [1.82, 2.24) is 4.90 Å². The van der Waals surface area contributed by atoms with E-state index in [9.17, 15) is 24.8 Å². The topological polar surface area (TPSA) is 135 Å². The van der Waals surface area contributed by atoms with E-state index >= 15 is 0 Å². The first-order chi connectivity index (χ1) is 21.9. The first kappa shape index (κ1) is 30.0. The molecule has 0 radical (unpaired) electrons. The molecule has 3 aliphatic rings. The third-order valence-corrected chi connectivity index (χ3v) is 9.26. The summed E-state index contributed by atoms with van der Waals surface area (Å²) >= 11 is 0. The number of Topliss-reactive ketones (excluding diaryl/α,β-unsaturated/α-hetero) is 1. The summed E-state index contributed by atoms with van der Waals surface area (Å²) in [6.07, 6.45) is 4.09. The van der Waals surface area contributed by atoms with Gasteiger partial charge in [-0.05, 0) is 60.4 Å². The SMILES string of the molecule is COc1ccc(C2C(C(=O)c3ccc(C#N)cc3)C(c3ccc4c(c3)OCO4)N(C(=O)C3CCCCC3)C2C(=O)O)cc1OC. The number of carboxylic acids is 1. The van der Waals surface area contributed by atoms with Crippen molar-refractivity contribution in [3.63, 3.8) is 0 Å². The Morgan fingerprint density at radius 3 is 2.22 bits per heavy atom. The average Bonchev–Trinajstić information content (AvgIpc) is 3.70. The Kier molecular flexibility index (Phi) is 8.35. The number of carboxylic acid groups (broad SMARTS) is 1. The molecule has 6 rings (SSSR count). The minimum absolute atomic E-state index is 0.0355. The lowest BCUT2D eigenvalue weighted by atomic mass is 9.76. The number of fused-ring (bicyclic) bond motifs is 1. The van der Waals surface area contributed by atoms with Gasteiger partial charge in [-0.1, -0.05) is 43.5 Å². The molecule has 1 saturated carbocycles. The van der Waals surface area contributed by atoms with E-state index in [0.717, 1.165) is 19.3 Å². The van der Waals surface area contributed by atoms with Gasteiger partial charge < -0.3 is 29.0 Å². The Morgan fingerprint density at radius 1 is 0.867 bits per heavy atom. The van der Waals surface area contributed by atoms with E-state index in [1.54, 1.807) is 60.7 Å². The van der Waals surface area contributed by atoms with Crippen LogP contribution in [0.25, 0.3) is 0 Å². The van der Waals surface area contributed by atoms with Gasteiger partial charge in [0.15, 0.2) is 28.8 Å². The quantitative estimate of drug-likeness (QED) is 0.328. The Bertz CT molecular complexity index is 1660. The largest absolute Gasteiger partial charge is 0.493 e. The zero-order valence-corrected chi connectivity index (χ0v) is 25.1. The molecule has 4 unspecified atom stereocenters. The number of nitriles is 1. The molecule has 0 bridgehead atoms. The molecule has 10 heteroatoms. The lowest BCUT2D eigenvalue weighted by Crippen LogP contribution is -2.46. The third kappa shape index (κ3) is 5.43. The minimum atomic E-state index is -1.36. The maximum absolute atomic E-state index is 14.7. The van der Waals surface area contributed by atoms with Crippen molar-refractivity contribution in [3.05, 3.63) is 82.9 Å². The highest BCUT2D eigenvalue weighted by Crippen LogP contribution is 2.54. The van der Waals surface area contributed by atoms with Crippen LogP contribution in [-0.4, -0.2) is 54.7 Å². The number of hydrogen-bond acceptors (Lipinski definition) is 8. The lowest BCUT2D eigenvalue weighted by Gasteiger charge is -2.34. The fraction of sp³-hybridized carbons (Fsp3) is 0.371. The van der Waals surface area contributed by atoms with Gasteiger partial charge >= 0.3 is 5.97 Å². The molecule has 0 spiro atoms. The first-order valence-corrected chi connectivity index (χ1v) is 15.1. The molecule has 232 valence electrons. The molecule has 45 heavy (non-hydrogen) atoms. The van der Waals surface area contributed by atoms with E-state index in [-0.39, 0.29) is 24.4 Å². The number of methoxy groups -OCH3 is 2. The highest BCUT2D eigenvalue weighted by Gasteiger charge is 2.58. The second-order valence-corrected chi connectivity index (χ2v) is 11.6. The Hall–Kier alpha value is -5.04. The van der Waals surface area contributed by atoms with Gasteiger partial charge in [0.1, 0.15) is 6.04 Å². The van der Waals surface area contributed by atoms with E-state index in [0.29, 0.717) is 58.1 Å². The Labute approximate surface area is 261 Å². The number of benzene rings is 3. The third-order valence-electron chi connectivity index (χ3n) is 9.26. The van der Waals surface area contributed by atoms with Crippen LogP contribution in [0.2, 0.25) is 0 Å². The number of hydrogen-bond donors (Lipinski definition) is 1. The predicted molar refractivity (Wildman–Crippen MR) is 161 cm³/mol. The Balaban J connectivity index is 1.58. The molecule has 1 N–H and O–H groups in total. The van der Waals surface area contributed by atoms with Crippen LogP contribution in [0.3, 0.4) is 0 Å². The lowest BCUT2D eigenvalue weighted by molar-refractivity contribution is -0.152. The summed E-state index contributed by atoms with van der Waals surface area (Å²) in [5.41, 5.74) is 1.80. The summed E-state index contributed by atoms with van der Waals surface area (Å²) in [7, 11) is 2.99. The number of likely N-dealkylation sites (tertiary alicyclic amines) is 1. The smallest absolute Gasteiger partial charge is 0.327 e. The maximum atomic E-state index is 14.7. The molecule has 1 amide bonds. The summed E-state index contributed by atoms with van der Waals surface area (Å²) in [5, 5.41) is 20.3. The molecule has 4 atom stereocenters. The predicted octanol–water partition coefficient (Wildman–Crippen LogP) is 5.50. The van der Waals surface area contributed by atoms with Crippen molar-refractivity contribution in [2.75, 3.05) is 21.0 Å². The number of nitrogens with zero attached hydrogens (tertiary/aromatic N) is 2. The number of aliphatic carboxylic acids is 1. The molecule has 10 nitrogen and oxygen atoms in total. The van der Waals surface area contributed by atoms with Crippen molar-refractivity contribution < 1.29 is 38.4 Å². The first-order valence-electron chi connectivity index (χ1n) is 15.1. The molecular formula is C35H34N2O8. The summed E-state index contributed by atoms with van der Waals surface area (Å²) < 4.78 is 22.2. The fourth-order valence-corrected chi connectivity index (χ4v) is 7.14. The number of ketones is 1. The highest BCUT2D eigenvalue weighted by molar-refractivity contribution is 6.01. The summed E-state index contributed by atoms with van der Waals surface area (Å²) in [4.78, 5) is 44.1. The molecule has 1 saturated heterocycles. The van der Waals surface area contributed by atoms with Crippen LogP contribution in [-0.2, 0) is 9.59 Å². The summed E-state index contributed by atoms with van der Waals surface area (Å²) in [6.45, 7) is 0.0355. The van der Waals surface area contributed by atoms with Crippen LogP contribution < -0.4 is 18.9 Å². The normalized spacial score (nSPS) is 22.5. The van der Waals surface area contributed by atoms with Gasteiger partial charge in [0.25, 0.3) is 0 Å². The number of rotatable bonds is 8. The van der Waals surface area contributed by atoms with E-state index < -0.39 is 29.9 Å². The summed E-state index contributed by atoms with van der Waals surface area (Å²) in [6, 6.07) is 16.4. The molecular weight excluding hydrogens is 576 g/mol. The van der Waals surface area contributed by atoms with Crippen molar-refractivity contribution in [2.24, 2.45) is 11.8 Å². The van der Waals surface area contributed by atoms with Gasteiger partial charge in [0, 0.05) is 17.4 Å². The van der Waals surface area contributed by atoms with Gasteiger partial charge in [-0.3, -0.25) is 9.59 Å². The molecule has 0 aromatic heterocycles. The van der Waals surface area contributed by atoms with Crippen molar-refractivity contribution in [2.45, 2.75) is 50.1 Å². The molecule has 3 aromatic carbocycles. The van der Waals surface area contributed by atoms with E-state index in [2.05, 4.69) is 6.07 Å². The van der Waals surface area contributed by atoms with Crippen LogP contribution in [0.4, 0.5) is 0 Å². The zero-order valence-electron chi connectivity index (χ0n) is 25.1. The monoisotopic (exact) mass is 610 g/mol. The van der Waals surface area contributed by atoms with Crippen LogP contribution >= 0.6 is 0 Å². The standard InChI is InChI=1S/C35H34N2O8/c1-42-25-14-12-23(16-27(25)43-2)29-30(33(38)21-10-8-20(18-36)9-11-21)31(24-13-15-26-28(17-24)45-19-44-26)37(32(29)35(40)41)34(39)22-6-4-3-5-7-22/h8-17,22,29-32H,3-7,19H2,1-2H3,(H,40,41). The van der Waals surface area contributed by atoms with Crippen molar-refractivity contribution in [1.29, 1.82) is 5.26 Å². The van der Waals surface area contributed by atoms with Gasteiger partial charge in [-0.15, -0.1) is 0 Å². The molecule has 1 aliphatic carbocycles. The van der Waals surface area contributed by atoms with E-state index in [1.165, 1.54) is 19.1 Å². The average molecular weight is 611 g/mol. The molecule has 2 fully saturated rings. The minimum Gasteiger partial charge on any atom is -0.493 e. The molecule has 3 aromatic rings. The van der Waals surface area contributed by atoms with Crippen LogP contribution in [0.15, 0.2) is 60.7 Å². The second-order valence-electron chi connectivity index (χ2n) is 11.6. The number of carbonyl (C=O) groups is 3. The van der Waals surface area contributed by atoms with Gasteiger partial charge in [-0.2, -0.15) is 5.26 Å². The van der Waals surface area contributed by atoms with Gasteiger partial charge in [-0.25, -0.2) is 4.79 Å². The zero-order chi connectivity index (χ0) is 31.7. The van der Waals surface area contributed by atoms with Crippen molar-refractivity contribution in [3.8, 4) is 29.1 Å². The van der Waals surface area contributed by atoms with Crippen LogP contribution in [0, 0.1) is 23.2 Å². The van der Waals surface area contributed by atoms with Gasteiger partial charge in [0.05, 0.1) is 37.8 Å². The fourth-order valence-electron chi connectivity index (χ4n) is 7.14. The second kappa shape index (κ2) is 12.5. The van der Waals surface area contributed by atoms with Crippen molar-refractivity contribution >= 4 is 17.7 Å². The molecule has 2 aliphatic heterocycles. The number of carbonyl (C=O) groups excluding carboxylic acids is 2. The van der Waals surface area contributed by atoms with Crippen LogP contribution in [0.1, 0.15) is 71.1 Å². The highest BCUT2D eigenvalue weighted by atomic mass is 16.7. The summed E-state index contributed by atoms with van der Waals surface area (Å²) in [5.74, 6) is -2.32. The number of amides is 1.